The SMILES string of the molecule is CC1(C(=O)N2CCN(CCBr)CC2)CCCC1. The number of alkyl halides is 1. The number of carbonyl (C=O) groups excluding carboxylic acids is 1. The van der Waals surface area contributed by atoms with Gasteiger partial charge in [0.25, 0.3) is 0 Å². The fraction of sp³-hybridized carbons (Fsp3) is 0.923. The quantitative estimate of drug-likeness (QED) is 0.746. The van der Waals surface area contributed by atoms with E-state index in [-0.39, 0.29) is 5.41 Å². The molecule has 2 aliphatic rings. The highest BCUT2D eigenvalue weighted by Gasteiger charge is 2.39. The second kappa shape index (κ2) is 5.70. The minimum absolute atomic E-state index is 0.0441. The van der Waals surface area contributed by atoms with Gasteiger partial charge in [-0.3, -0.25) is 9.69 Å². The Hall–Kier alpha value is -0.0900. The first kappa shape index (κ1) is 13.3. The molecule has 0 atom stereocenters. The van der Waals surface area contributed by atoms with Gasteiger partial charge in [-0.1, -0.05) is 35.7 Å². The molecule has 0 unspecified atom stereocenters. The fourth-order valence-electron chi connectivity index (χ4n) is 3.05. The largest absolute Gasteiger partial charge is 0.340 e. The summed E-state index contributed by atoms with van der Waals surface area (Å²) in [6, 6.07) is 0. The number of amides is 1. The topological polar surface area (TPSA) is 23.6 Å². The normalized spacial score (nSPS) is 25.2. The Kier molecular flexibility index (Phi) is 4.47. The molecule has 0 N–H and O–H groups in total. The van der Waals surface area contributed by atoms with Crippen molar-refractivity contribution in [3.05, 3.63) is 0 Å². The van der Waals surface area contributed by atoms with E-state index in [0.717, 1.165) is 50.9 Å². The summed E-state index contributed by atoms with van der Waals surface area (Å²) in [5.74, 6) is 0.411. The van der Waals surface area contributed by atoms with Crippen LogP contribution in [0, 0.1) is 5.41 Å². The first-order valence-electron chi connectivity index (χ1n) is 6.73. The predicted octanol–water partition coefficient (Wildman–Crippen LogP) is 2.11. The van der Waals surface area contributed by atoms with Crippen molar-refractivity contribution >= 4 is 21.8 Å². The second-order valence-corrected chi connectivity index (χ2v) is 6.38. The van der Waals surface area contributed by atoms with E-state index in [9.17, 15) is 4.79 Å². The van der Waals surface area contributed by atoms with Crippen LogP contribution in [0.15, 0.2) is 0 Å². The monoisotopic (exact) mass is 302 g/mol. The van der Waals surface area contributed by atoms with Gasteiger partial charge in [-0.15, -0.1) is 0 Å². The van der Waals surface area contributed by atoms with Crippen LogP contribution in [-0.2, 0) is 4.79 Å². The number of piperazine rings is 1. The molecule has 1 saturated heterocycles. The van der Waals surface area contributed by atoms with Crippen LogP contribution in [0.1, 0.15) is 32.6 Å². The molecule has 17 heavy (non-hydrogen) atoms. The van der Waals surface area contributed by atoms with Crippen molar-refractivity contribution in [3.8, 4) is 0 Å². The molecule has 1 amide bonds. The third-order valence-electron chi connectivity index (χ3n) is 4.28. The van der Waals surface area contributed by atoms with E-state index in [2.05, 4.69) is 32.7 Å². The summed E-state index contributed by atoms with van der Waals surface area (Å²) in [7, 11) is 0. The first-order chi connectivity index (χ1) is 8.15. The zero-order valence-corrected chi connectivity index (χ0v) is 12.3. The molecule has 0 aromatic rings. The average Bonchev–Trinajstić information content (AvgIpc) is 2.78. The summed E-state index contributed by atoms with van der Waals surface area (Å²) in [4.78, 5) is 17.0. The maximum absolute atomic E-state index is 12.5. The van der Waals surface area contributed by atoms with Crippen LogP contribution in [0.5, 0.6) is 0 Å². The van der Waals surface area contributed by atoms with Gasteiger partial charge < -0.3 is 4.90 Å². The molecule has 1 heterocycles. The summed E-state index contributed by atoms with van der Waals surface area (Å²) in [5.41, 5.74) is -0.0441. The van der Waals surface area contributed by atoms with Crippen LogP contribution in [-0.4, -0.2) is 53.8 Å². The molecule has 3 nitrogen and oxygen atoms in total. The van der Waals surface area contributed by atoms with Gasteiger partial charge >= 0.3 is 0 Å². The maximum atomic E-state index is 12.5. The number of hydrogen-bond acceptors (Lipinski definition) is 2. The Morgan fingerprint density at radius 3 is 2.29 bits per heavy atom. The van der Waals surface area contributed by atoms with E-state index in [1.54, 1.807) is 0 Å². The van der Waals surface area contributed by atoms with Gasteiger partial charge in [0.05, 0.1) is 0 Å². The zero-order valence-electron chi connectivity index (χ0n) is 10.8. The third kappa shape index (κ3) is 3.02. The molecule has 0 bridgehead atoms. The van der Waals surface area contributed by atoms with Gasteiger partial charge in [-0.05, 0) is 12.8 Å². The van der Waals surface area contributed by atoms with E-state index in [1.165, 1.54) is 12.8 Å². The predicted molar refractivity (Wildman–Crippen MR) is 73.4 cm³/mol. The van der Waals surface area contributed by atoms with Crippen molar-refractivity contribution in [2.45, 2.75) is 32.6 Å². The lowest BCUT2D eigenvalue weighted by Crippen LogP contribution is -2.52. The molecule has 1 aliphatic carbocycles. The molecule has 0 aromatic carbocycles. The van der Waals surface area contributed by atoms with E-state index < -0.39 is 0 Å². The van der Waals surface area contributed by atoms with Crippen molar-refractivity contribution in [1.82, 2.24) is 9.80 Å². The molecule has 98 valence electrons. The highest BCUT2D eigenvalue weighted by atomic mass is 79.9. The maximum Gasteiger partial charge on any atom is 0.228 e. The molecule has 0 radical (unpaired) electrons. The number of hydrogen-bond donors (Lipinski definition) is 0. The molecule has 4 heteroatoms. The molecule has 0 aromatic heterocycles. The first-order valence-corrected chi connectivity index (χ1v) is 7.85. The van der Waals surface area contributed by atoms with Crippen molar-refractivity contribution in [2.24, 2.45) is 5.41 Å². The molecule has 0 spiro atoms. The lowest BCUT2D eigenvalue weighted by molar-refractivity contribution is -0.142. The third-order valence-corrected chi connectivity index (χ3v) is 4.64. The number of nitrogens with zero attached hydrogens (tertiary/aromatic N) is 2. The van der Waals surface area contributed by atoms with Crippen molar-refractivity contribution < 1.29 is 4.79 Å². The molecule has 1 saturated carbocycles. The summed E-state index contributed by atoms with van der Waals surface area (Å²) >= 11 is 3.47. The van der Waals surface area contributed by atoms with Crippen molar-refractivity contribution in [2.75, 3.05) is 38.1 Å². The zero-order chi connectivity index (χ0) is 12.3. The highest BCUT2D eigenvalue weighted by molar-refractivity contribution is 9.09. The van der Waals surface area contributed by atoms with E-state index in [1.807, 2.05) is 0 Å². The molecule has 2 rings (SSSR count). The number of halogens is 1. The number of carbonyl (C=O) groups is 1. The van der Waals surface area contributed by atoms with Crippen LogP contribution < -0.4 is 0 Å². The van der Waals surface area contributed by atoms with Gasteiger partial charge in [-0.2, -0.15) is 0 Å². The lowest BCUT2D eigenvalue weighted by atomic mass is 9.87. The molecular weight excluding hydrogens is 280 g/mol. The number of rotatable bonds is 3. The van der Waals surface area contributed by atoms with Crippen LogP contribution in [0.3, 0.4) is 0 Å². The van der Waals surface area contributed by atoms with Gasteiger partial charge in [0.2, 0.25) is 5.91 Å². The van der Waals surface area contributed by atoms with Crippen LogP contribution in [0.25, 0.3) is 0 Å². The van der Waals surface area contributed by atoms with Gasteiger partial charge in [0, 0.05) is 43.5 Å². The van der Waals surface area contributed by atoms with Gasteiger partial charge in [0.15, 0.2) is 0 Å². The van der Waals surface area contributed by atoms with E-state index >= 15 is 0 Å². The van der Waals surface area contributed by atoms with Crippen molar-refractivity contribution in [3.63, 3.8) is 0 Å². The van der Waals surface area contributed by atoms with Gasteiger partial charge in [0.1, 0.15) is 0 Å². The fourth-order valence-corrected chi connectivity index (χ4v) is 3.55. The minimum Gasteiger partial charge on any atom is -0.340 e. The summed E-state index contributed by atoms with van der Waals surface area (Å²) < 4.78 is 0. The Balaban J connectivity index is 1.86. The molecule has 1 aliphatic heterocycles. The summed E-state index contributed by atoms with van der Waals surface area (Å²) in [6.45, 7) is 7.16. The van der Waals surface area contributed by atoms with Crippen LogP contribution >= 0.6 is 15.9 Å². The van der Waals surface area contributed by atoms with Crippen LogP contribution in [0.2, 0.25) is 0 Å². The van der Waals surface area contributed by atoms with Gasteiger partial charge in [-0.25, -0.2) is 0 Å². The summed E-state index contributed by atoms with van der Waals surface area (Å²) in [5, 5.41) is 1.03. The second-order valence-electron chi connectivity index (χ2n) is 5.59. The smallest absolute Gasteiger partial charge is 0.228 e. The average molecular weight is 303 g/mol. The Bertz CT molecular complexity index is 269. The van der Waals surface area contributed by atoms with Crippen molar-refractivity contribution in [1.29, 1.82) is 0 Å². The summed E-state index contributed by atoms with van der Waals surface area (Å²) in [6.07, 6.45) is 4.64. The van der Waals surface area contributed by atoms with E-state index in [0.29, 0.717) is 5.91 Å². The standard InChI is InChI=1S/C13H23BrN2O/c1-13(4-2-3-5-13)12(17)16-10-8-15(7-6-14)9-11-16/h2-11H2,1H3. The Labute approximate surface area is 113 Å². The van der Waals surface area contributed by atoms with Crippen LogP contribution in [0.4, 0.5) is 0 Å². The molecular formula is C13H23BrN2O. The minimum atomic E-state index is -0.0441. The van der Waals surface area contributed by atoms with E-state index in [4.69, 9.17) is 0 Å². The Morgan fingerprint density at radius 2 is 1.76 bits per heavy atom. The Morgan fingerprint density at radius 1 is 1.18 bits per heavy atom. The lowest BCUT2D eigenvalue weighted by Gasteiger charge is -2.38. The molecule has 2 fully saturated rings. The highest BCUT2D eigenvalue weighted by Crippen LogP contribution is 2.39.